The molecule has 0 radical (unpaired) electrons. The Kier molecular flexibility index (Phi) is 10.4. The Morgan fingerprint density at radius 3 is 2.24 bits per heavy atom. The first kappa shape index (κ1) is 31.1. The number of hydrogen-bond acceptors (Lipinski definition) is 5. The lowest BCUT2D eigenvalue weighted by Gasteiger charge is -2.32. The van der Waals surface area contributed by atoms with E-state index < -0.39 is 12.1 Å². The Morgan fingerprint density at radius 1 is 1.05 bits per heavy atom. The molecule has 218 valence electrons. The lowest BCUT2D eigenvalue weighted by molar-refractivity contribution is -0.192. The zero-order valence-electron chi connectivity index (χ0n) is 22.7. The van der Waals surface area contributed by atoms with Crippen molar-refractivity contribution in [1.29, 1.82) is 0 Å². The topological polar surface area (TPSA) is 123 Å². The number of fused-ring (bicyclic) bond motifs is 1. The summed E-state index contributed by atoms with van der Waals surface area (Å²) in [6, 6.07) is 20.6. The van der Waals surface area contributed by atoms with E-state index in [0.29, 0.717) is 49.4 Å². The van der Waals surface area contributed by atoms with E-state index in [2.05, 4.69) is 0 Å². The van der Waals surface area contributed by atoms with Crippen molar-refractivity contribution in [3.8, 4) is 0 Å². The summed E-state index contributed by atoms with van der Waals surface area (Å²) in [5, 5.41) is 12.0. The quantitative estimate of drug-likeness (QED) is 0.307. The predicted octanol–water partition coefficient (Wildman–Crippen LogP) is 4.43. The molecule has 3 N–H and O–H groups in total. The van der Waals surface area contributed by atoms with Crippen molar-refractivity contribution >= 4 is 17.4 Å². The number of carboxylic acids is 1. The maximum Gasteiger partial charge on any atom is 0.490 e. The maximum atomic E-state index is 13.7. The van der Waals surface area contributed by atoms with E-state index in [-0.39, 0.29) is 17.5 Å². The Bertz CT molecular complexity index is 1520. The average Bonchev–Trinajstić information content (AvgIpc) is 3.42. The molecule has 1 amide bonds. The number of aryl methyl sites for hydroxylation is 1. The second-order valence-electron chi connectivity index (χ2n) is 9.31. The number of aliphatic carboxylic acids is 1. The number of carboxylic acid groups (broad SMARTS) is 1. The largest absolute Gasteiger partial charge is 0.490 e. The van der Waals surface area contributed by atoms with Gasteiger partial charge in [-0.1, -0.05) is 55.0 Å². The zero-order valence-corrected chi connectivity index (χ0v) is 22.7. The molecule has 0 aliphatic heterocycles. The second-order valence-corrected chi connectivity index (χ2v) is 9.31. The SMILES string of the molecule is CCC(c1nn2cccc2c(=O)n1Cc1ccccc1)N(CCCN)C(=O)c1ccc(C)cc1.O=C(O)C(F)(F)F. The highest BCUT2D eigenvalue weighted by Crippen LogP contribution is 2.25. The van der Waals surface area contributed by atoms with Crippen LogP contribution in [-0.4, -0.2) is 55.3 Å². The highest BCUT2D eigenvalue weighted by molar-refractivity contribution is 5.94. The van der Waals surface area contributed by atoms with Gasteiger partial charge in [-0.25, -0.2) is 9.31 Å². The van der Waals surface area contributed by atoms with Gasteiger partial charge in [-0.3, -0.25) is 14.2 Å². The summed E-state index contributed by atoms with van der Waals surface area (Å²) >= 11 is 0. The van der Waals surface area contributed by atoms with E-state index in [1.165, 1.54) is 0 Å². The summed E-state index contributed by atoms with van der Waals surface area (Å²) in [5.74, 6) is -2.28. The van der Waals surface area contributed by atoms with Crippen LogP contribution in [0.5, 0.6) is 0 Å². The fourth-order valence-corrected chi connectivity index (χ4v) is 4.27. The summed E-state index contributed by atoms with van der Waals surface area (Å²) in [5.41, 5.74) is 8.90. The molecule has 41 heavy (non-hydrogen) atoms. The molecular formula is C29H32F3N5O4. The summed E-state index contributed by atoms with van der Waals surface area (Å²) in [6.45, 7) is 5.33. The zero-order chi connectivity index (χ0) is 30.2. The molecule has 0 bridgehead atoms. The highest BCUT2D eigenvalue weighted by atomic mass is 19.4. The van der Waals surface area contributed by atoms with Crippen molar-refractivity contribution in [3.05, 3.63) is 106 Å². The van der Waals surface area contributed by atoms with Crippen molar-refractivity contribution in [2.24, 2.45) is 5.73 Å². The van der Waals surface area contributed by atoms with E-state index in [1.54, 1.807) is 21.3 Å². The first-order valence-corrected chi connectivity index (χ1v) is 13.0. The number of rotatable bonds is 9. The fourth-order valence-electron chi connectivity index (χ4n) is 4.27. The minimum atomic E-state index is -5.08. The number of nitrogens with zero attached hydrogens (tertiary/aromatic N) is 4. The molecule has 2 aromatic carbocycles. The number of benzene rings is 2. The number of halogens is 3. The Hall–Kier alpha value is -4.45. The normalized spacial score (nSPS) is 12.0. The van der Waals surface area contributed by atoms with Crippen LogP contribution >= 0.6 is 0 Å². The number of nitrogens with two attached hydrogens (primary N) is 1. The standard InChI is InChI=1S/C27H31N5O2.C2HF3O2/c1-3-23(30(17-8-16-28)26(33)22-14-12-20(2)13-15-22)25-29-32-18-7-11-24(32)27(34)31(25)19-21-9-5-4-6-10-21;3-2(4,5)1(6)7/h4-7,9-15,18,23H,3,8,16-17,19,28H2,1-2H3;(H,6,7). The van der Waals surface area contributed by atoms with Gasteiger partial charge in [0.05, 0.1) is 12.6 Å². The average molecular weight is 572 g/mol. The number of carbonyl (C=O) groups is 2. The molecular weight excluding hydrogens is 539 g/mol. The molecule has 0 saturated carbocycles. The molecule has 4 rings (SSSR count). The van der Waals surface area contributed by atoms with Gasteiger partial charge in [0, 0.05) is 18.3 Å². The Morgan fingerprint density at radius 2 is 1.68 bits per heavy atom. The minimum absolute atomic E-state index is 0.0894. The van der Waals surface area contributed by atoms with Crippen molar-refractivity contribution in [2.45, 2.75) is 45.5 Å². The van der Waals surface area contributed by atoms with Crippen LogP contribution < -0.4 is 11.3 Å². The Balaban J connectivity index is 0.000000587. The van der Waals surface area contributed by atoms with Gasteiger partial charge in [-0.2, -0.15) is 18.3 Å². The molecule has 4 aromatic rings. The first-order chi connectivity index (χ1) is 19.5. The number of aromatic nitrogens is 3. The molecule has 0 aliphatic rings. The highest BCUT2D eigenvalue weighted by Gasteiger charge is 2.38. The summed E-state index contributed by atoms with van der Waals surface area (Å²) in [7, 11) is 0. The van der Waals surface area contributed by atoms with E-state index in [1.807, 2.05) is 79.4 Å². The van der Waals surface area contributed by atoms with Gasteiger partial charge < -0.3 is 15.7 Å². The van der Waals surface area contributed by atoms with Crippen LogP contribution in [0.15, 0.2) is 77.7 Å². The van der Waals surface area contributed by atoms with Gasteiger partial charge in [0.15, 0.2) is 5.82 Å². The van der Waals surface area contributed by atoms with Crippen molar-refractivity contribution < 1.29 is 27.9 Å². The molecule has 1 unspecified atom stereocenters. The Labute approximate surface area is 234 Å². The molecule has 0 saturated heterocycles. The molecule has 12 heteroatoms. The molecule has 2 heterocycles. The van der Waals surface area contributed by atoms with Gasteiger partial charge in [0.1, 0.15) is 5.52 Å². The number of hydrogen-bond donors (Lipinski definition) is 2. The monoisotopic (exact) mass is 571 g/mol. The summed E-state index contributed by atoms with van der Waals surface area (Å²) < 4.78 is 35.1. The van der Waals surface area contributed by atoms with Gasteiger partial charge in [-0.15, -0.1) is 0 Å². The molecule has 9 nitrogen and oxygen atoms in total. The molecule has 0 fully saturated rings. The third-order valence-electron chi connectivity index (χ3n) is 6.33. The van der Waals surface area contributed by atoms with Crippen LogP contribution in [0.25, 0.3) is 5.52 Å². The van der Waals surface area contributed by atoms with Gasteiger partial charge >= 0.3 is 12.1 Å². The maximum absolute atomic E-state index is 13.7. The first-order valence-electron chi connectivity index (χ1n) is 13.0. The fraction of sp³-hybridized carbons (Fsp3) is 0.310. The lowest BCUT2D eigenvalue weighted by atomic mass is 10.1. The predicted molar refractivity (Wildman–Crippen MR) is 148 cm³/mol. The lowest BCUT2D eigenvalue weighted by Crippen LogP contribution is -2.40. The van der Waals surface area contributed by atoms with E-state index in [9.17, 15) is 22.8 Å². The summed E-state index contributed by atoms with van der Waals surface area (Å²) in [4.78, 5) is 37.9. The van der Waals surface area contributed by atoms with Gasteiger partial charge in [0.25, 0.3) is 11.5 Å². The molecule has 0 spiro atoms. The smallest absolute Gasteiger partial charge is 0.475 e. The van der Waals surface area contributed by atoms with E-state index in [0.717, 1.165) is 11.1 Å². The molecule has 1 atom stereocenters. The third kappa shape index (κ3) is 7.82. The van der Waals surface area contributed by atoms with Crippen LogP contribution in [0, 0.1) is 6.92 Å². The van der Waals surface area contributed by atoms with Crippen molar-refractivity contribution in [2.75, 3.05) is 13.1 Å². The molecule has 0 aliphatic carbocycles. The van der Waals surface area contributed by atoms with Crippen LogP contribution in [0.4, 0.5) is 13.2 Å². The summed E-state index contributed by atoms with van der Waals surface area (Å²) in [6.07, 6.45) is -2.05. The van der Waals surface area contributed by atoms with Crippen molar-refractivity contribution in [3.63, 3.8) is 0 Å². The van der Waals surface area contributed by atoms with Crippen LogP contribution in [0.2, 0.25) is 0 Å². The van der Waals surface area contributed by atoms with Crippen molar-refractivity contribution in [1.82, 2.24) is 19.1 Å². The molecule has 2 aromatic heterocycles. The van der Waals surface area contributed by atoms with Crippen LogP contribution in [0.1, 0.15) is 53.1 Å². The number of amides is 1. The van der Waals surface area contributed by atoms with Gasteiger partial charge in [-0.05, 0) is 56.1 Å². The van der Waals surface area contributed by atoms with Gasteiger partial charge in [0.2, 0.25) is 0 Å². The third-order valence-corrected chi connectivity index (χ3v) is 6.33. The van der Waals surface area contributed by atoms with E-state index >= 15 is 0 Å². The van der Waals surface area contributed by atoms with Crippen LogP contribution in [0.3, 0.4) is 0 Å². The number of carbonyl (C=O) groups excluding carboxylic acids is 1. The second kappa shape index (κ2) is 13.8. The number of alkyl halides is 3. The van der Waals surface area contributed by atoms with E-state index in [4.69, 9.17) is 20.7 Å². The van der Waals surface area contributed by atoms with Crippen LogP contribution in [-0.2, 0) is 11.3 Å². The minimum Gasteiger partial charge on any atom is -0.475 e.